The van der Waals surface area contributed by atoms with Crippen LogP contribution < -0.4 is 0 Å². The molecule has 2 aromatic carbocycles. The number of alkyl halides is 1. The van der Waals surface area contributed by atoms with Crippen LogP contribution in [0.4, 0.5) is 0 Å². The Morgan fingerprint density at radius 1 is 1.00 bits per heavy atom. The molecule has 1 unspecified atom stereocenters. The van der Waals surface area contributed by atoms with Gasteiger partial charge in [0.15, 0.2) is 0 Å². The number of thioether (sulfide) groups is 1. The summed E-state index contributed by atoms with van der Waals surface area (Å²) in [5, 5.41) is 0. The molecule has 0 fully saturated rings. The maximum absolute atomic E-state index is 5.55. The number of rotatable bonds is 2. The van der Waals surface area contributed by atoms with Gasteiger partial charge in [0.25, 0.3) is 0 Å². The predicted octanol–water partition coefficient (Wildman–Crippen LogP) is 4.79. The second-order valence-electron chi connectivity index (χ2n) is 4.26. The lowest BCUT2D eigenvalue weighted by Gasteiger charge is -2.27. The molecule has 2 aromatic rings. The van der Waals surface area contributed by atoms with Crippen molar-refractivity contribution >= 4 is 50.8 Å². The van der Waals surface area contributed by atoms with Crippen LogP contribution in [0.2, 0.25) is 0 Å². The molecule has 1 aliphatic heterocycles. The predicted molar refractivity (Wildman–Crippen MR) is 91.8 cm³/mol. The van der Waals surface area contributed by atoms with Crippen LogP contribution in [0.5, 0.6) is 0 Å². The SMILES string of the molecule is S=C1SC(CI)(c2ccccc2)c2ccccc21. The van der Waals surface area contributed by atoms with E-state index in [2.05, 4.69) is 77.2 Å². The molecule has 0 aliphatic carbocycles. The summed E-state index contributed by atoms with van der Waals surface area (Å²) in [7, 11) is 0. The molecule has 0 spiro atoms. The molecule has 90 valence electrons. The first kappa shape index (κ1) is 12.6. The van der Waals surface area contributed by atoms with Crippen LogP contribution >= 0.6 is 46.6 Å². The van der Waals surface area contributed by atoms with Crippen LogP contribution in [0.25, 0.3) is 0 Å². The first-order valence-electron chi connectivity index (χ1n) is 5.72. The van der Waals surface area contributed by atoms with Gasteiger partial charge in [-0.05, 0) is 11.1 Å². The van der Waals surface area contributed by atoms with Crippen LogP contribution in [-0.4, -0.2) is 8.62 Å². The van der Waals surface area contributed by atoms with E-state index in [0.29, 0.717) is 0 Å². The monoisotopic (exact) mass is 382 g/mol. The Morgan fingerprint density at radius 2 is 1.67 bits per heavy atom. The molecule has 1 heterocycles. The molecule has 3 heteroatoms. The van der Waals surface area contributed by atoms with Gasteiger partial charge in [-0.1, -0.05) is 101 Å². The third-order valence-electron chi connectivity index (χ3n) is 3.28. The zero-order valence-corrected chi connectivity index (χ0v) is 13.4. The molecular weight excluding hydrogens is 371 g/mol. The highest BCUT2D eigenvalue weighted by Crippen LogP contribution is 2.52. The highest BCUT2D eigenvalue weighted by molar-refractivity contribution is 14.1. The van der Waals surface area contributed by atoms with Crippen LogP contribution in [-0.2, 0) is 4.75 Å². The molecule has 18 heavy (non-hydrogen) atoms. The van der Waals surface area contributed by atoms with Gasteiger partial charge in [0.1, 0.15) is 0 Å². The number of benzene rings is 2. The van der Waals surface area contributed by atoms with E-state index >= 15 is 0 Å². The van der Waals surface area contributed by atoms with Gasteiger partial charge in [-0.2, -0.15) is 0 Å². The zero-order chi connectivity index (χ0) is 12.6. The lowest BCUT2D eigenvalue weighted by molar-refractivity contribution is 0.879. The third kappa shape index (κ3) is 1.84. The molecular formula is C15H11IS2. The average Bonchev–Trinajstić information content (AvgIpc) is 2.74. The van der Waals surface area contributed by atoms with E-state index in [-0.39, 0.29) is 4.75 Å². The van der Waals surface area contributed by atoms with Gasteiger partial charge in [-0.25, -0.2) is 0 Å². The van der Waals surface area contributed by atoms with Gasteiger partial charge in [0, 0.05) is 9.99 Å². The fourth-order valence-corrected chi connectivity index (χ4v) is 5.50. The maximum Gasteiger partial charge on any atom is 0.0808 e. The number of hydrogen-bond donors (Lipinski definition) is 0. The Bertz CT molecular complexity index is 594. The summed E-state index contributed by atoms with van der Waals surface area (Å²) in [6.07, 6.45) is 0. The summed E-state index contributed by atoms with van der Waals surface area (Å²) in [5.41, 5.74) is 3.94. The molecule has 0 aromatic heterocycles. The largest absolute Gasteiger partial charge is 0.0966 e. The Morgan fingerprint density at radius 3 is 2.39 bits per heavy atom. The van der Waals surface area contributed by atoms with Crippen molar-refractivity contribution in [2.75, 3.05) is 4.43 Å². The minimum Gasteiger partial charge on any atom is -0.0966 e. The van der Waals surface area contributed by atoms with E-state index in [9.17, 15) is 0 Å². The molecule has 0 amide bonds. The van der Waals surface area contributed by atoms with Crippen molar-refractivity contribution in [2.45, 2.75) is 4.75 Å². The van der Waals surface area contributed by atoms with E-state index in [1.54, 1.807) is 0 Å². The van der Waals surface area contributed by atoms with Gasteiger partial charge in [-0.3, -0.25) is 0 Å². The summed E-state index contributed by atoms with van der Waals surface area (Å²) in [6.45, 7) is 0. The molecule has 0 bridgehead atoms. The molecule has 0 radical (unpaired) electrons. The van der Waals surface area contributed by atoms with Gasteiger partial charge in [-0.15, -0.1) is 0 Å². The summed E-state index contributed by atoms with van der Waals surface area (Å²) in [6, 6.07) is 19.2. The first-order valence-corrected chi connectivity index (χ1v) is 8.47. The van der Waals surface area contributed by atoms with Crippen LogP contribution in [0.1, 0.15) is 16.7 Å². The van der Waals surface area contributed by atoms with Crippen molar-refractivity contribution in [1.29, 1.82) is 0 Å². The topological polar surface area (TPSA) is 0 Å². The molecule has 1 aliphatic rings. The van der Waals surface area contributed by atoms with Gasteiger partial charge in [0.2, 0.25) is 0 Å². The molecule has 0 N–H and O–H groups in total. The molecule has 1 atom stereocenters. The highest BCUT2D eigenvalue weighted by atomic mass is 127. The quantitative estimate of drug-likeness (QED) is 0.416. The van der Waals surface area contributed by atoms with Crippen LogP contribution in [0, 0.1) is 0 Å². The standard InChI is InChI=1S/C15H11IS2/c16-10-15(11-6-2-1-3-7-11)13-9-5-4-8-12(13)14(17)18-15/h1-9H,10H2. The van der Waals surface area contributed by atoms with Crippen LogP contribution in [0.3, 0.4) is 0 Å². The fraction of sp³-hybridized carbons (Fsp3) is 0.133. The average molecular weight is 382 g/mol. The molecule has 3 rings (SSSR count). The van der Waals surface area contributed by atoms with Crippen molar-refractivity contribution in [3.8, 4) is 0 Å². The smallest absolute Gasteiger partial charge is 0.0808 e. The lowest BCUT2D eigenvalue weighted by atomic mass is 9.89. The van der Waals surface area contributed by atoms with Crippen molar-refractivity contribution in [3.05, 3.63) is 71.3 Å². The molecule has 0 saturated carbocycles. The van der Waals surface area contributed by atoms with E-state index in [4.69, 9.17) is 12.2 Å². The number of halogens is 1. The summed E-state index contributed by atoms with van der Waals surface area (Å²) < 4.78 is 2.04. The van der Waals surface area contributed by atoms with Gasteiger partial charge in [0.05, 0.1) is 8.94 Å². The maximum atomic E-state index is 5.55. The van der Waals surface area contributed by atoms with E-state index in [0.717, 1.165) is 8.62 Å². The van der Waals surface area contributed by atoms with E-state index in [1.807, 2.05) is 11.8 Å². The van der Waals surface area contributed by atoms with Crippen molar-refractivity contribution in [1.82, 2.24) is 0 Å². The van der Waals surface area contributed by atoms with Crippen LogP contribution in [0.15, 0.2) is 54.6 Å². The van der Waals surface area contributed by atoms with E-state index in [1.165, 1.54) is 16.7 Å². The van der Waals surface area contributed by atoms with Gasteiger partial charge >= 0.3 is 0 Å². The minimum atomic E-state index is -0.00447. The summed E-state index contributed by atoms with van der Waals surface area (Å²) in [5.74, 6) is 0. The fourth-order valence-electron chi connectivity index (χ4n) is 2.38. The summed E-state index contributed by atoms with van der Waals surface area (Å²) in [4.78, 5) is 0. The summed E-state index contributed by atoms with van der Waals surface area (Å²) >= 11 is 9.84. The molecule has 0 nitrogen and oxygen atoms in total. The van der Waals surface area contributed by atoms with E-state index < -0.39 is 0 Å². The first-order chi connectivity index (χ1) is 8.78. The zero-order valence-electron chi connectivity index (χ0n) is 9.60. The third-order valence-corrected chi connectivity index (χ3v) is 6.76. The Labute approximate surface area is 130 Å². The Kier molecular flexibility index (Phi) is 3.47. The number of thiocarbonyl (C=S) groups is 1. The molecule has 0 saturated heterocycles. The van der Waals surface area contributed by atoms with Crippen molar-refractivity contribution in [3.63, 3.8) is 0 Å². The number of fused-ring (bicyclic) bond motifs is 1. The van der Waals surface area contributed by atoms with Crippen molar-refractivity contribution < 1.29 is 0 Å². The van der Waals surface area contributed by atoms with Crippen molar-refractivity contribution in [2.24, 2.45) is 0 Å². The normalized spacial score (nSPS) is 21.9. The van der Waals surface area contributed by atoms with Gasteiger partial charge < -0.3 is 0 Å². The Hall–Kier alpha value is -0.390. The second kappa shape index (κ2) is 4.94. The Balaban J connectivity index is 2.24. The number of hydrogen-bond acceptors (Lipinski definition) is 2. The highest BCUT2D eigenvalue weighted by Gasteiger charge is 2.42. The minimum absolute atomic E-state index is 0.00447. The second-order valence-corrected chi connectivity index (χ2v) is 7.00. The lowest BCUT2D eigenvalue weighted by Crippen LogP contribution is -2.22.